The number of aliphatic hydroxyl groups excluding tert-OH is 1. The summed E-state index contributed by atoms with van der Waals surface area (Å²) in [5, 5.41) is 31.5. The number of hydrogen-bond acceptors (Lipinski definition) is 6. The van der Waals surface area contributed by atoms with Gasteiger partial charge in [0.1, 0.15) is 18.5 Å². The maximum atomic E-state index is 10.7. The molecule has 0 aliphatic carbocycles. The molecule has 0 saturated heterocycles. The van der Waals surface area contributed by atoms with Crippen molar-refractivity contribution < 1.29 is 19.7 Å². The first-order valence-electron chi connectivity index (χ1n) is 6.68. The molecule has 0 spiro atoms. The van der Waals surface area contributed by atoms with Crippen molar-refractivity contribution in [1.29, 1.82) is 0 Å². The number of non-ortho nitro benzene ring substituents is 1. The summed E-state index contributed by atoms with van der Waals surface area (Å²) in [7, 11) is 0. The van der Waals surface area contributed by atoms with Crippen molar-refractivity contribution in [2.45, 2.75) is 13.0 Å². The minimum atomic E-state index is -1.05. The van der Waals surface area contributed by atoms with Gasteiger partial charge in [-0.2, -0.15) is 0 Å². The molecule has 23 heavy (non-hydrogen) atoms. The van der Waals surface area contributed by atoms with Crippen molar-refractivity contribution in [1.82, 2.24) is 0 Å². The molecule has 0 heterocycles. The highest BCUT2D eigenvalue weighted by Crippen LogP contribution is 2.25. The van der Waals surface area contributed by atoms with Crippen molar-refractivity contribution in [3.05, 3.63) is 73.8 Å². The predicted molar refractivity (Wildman–Crippen MR) is 81.4 cm³/mol. The summed E-state index contributed by atoms with van der Waals surface area (Å²) in [6.45, 7) is 1.46. The molecule has 0 aliphatic rings. The molecule has 0 amide bonds. The Morgan fingerprint density at radius 2 is 1.87 bits per heavy atom. The van der Waals surface area contributed by atoms with Gasteiger partial charge in [0.25, 0.3) is 11.4 Å². The minimum Gasteiger partial charge on any atom is -0.491 e. The van der Waals surface area contributed by atoms with Gasteiger partial charge < -0.3 is 9.84 Å². The van der Waals surface area contributed by atoms with Gasteiger partial charge in [-0.3, -0.25) is 20.2 Å². The second-order valence-corrected chi connectivity index (χ2v) is 4.88. The Kier molecular flexibility index (Phi) is 4.87. The molecule has 0 fully saturated rings. The highest BCUT2D eigenvalue weighted by Gasteiger charge is 2.14. The first-order chi connectivity index (χ1) is 10.9. The average Bonchev–Trinajstić information content (AvgIpc) is 2.52. The molecular formula is C15H14N2O6. The lowest BCUT2D eigenvalue weighted by Crippen LogP contribution is -2.10. The number of nitro groups is 2. The predicted octanol–water partition coefficient (Wildman–Crippen LogP) is 2.92. The normalized spacial score (nSPS) is 11.7. The Bertz CT molecular complexity index is 746. The van der Waals surface area contributed by atoms with Crippen LogP contribution in [0.5, 0.6) is 5.75 Å². The first-order valence-corrected chi connectivity index (χ1v) is 6.68. The highest BCUT2D eigenvalue weighted by atomic mass is 16.6. The summed E-state index contributed by atoms with van der Waals surface area (Å²) < 4.78 is 5.40. The smallest absolute Gasteiger partial charge is 0.272 e. The van der Waals surface area contributed by atoms with E-state index in [1.807, 2.05) is 0 Å². The molecule has 0 aromatic heterocycles. The topological polar surface area (TPSA) is 116 Å². The Hall–Kier alpha value is -3.00. The summed E-state index contributed by atoms with van der Waals surface area (Å²) in [5.41, 5.74) is 0.666. The van der Waals surface area contributed by atoms with E-state index in [2.05, 4.69) is 0 Å². The molecule has 2 aromatic carbocycles. The van der Waals surface area contributed by atoms with Crippen LogP contribution < -0.4 is 4.74 Å². The maximum Gasteiger partial charge on any atom is 0.272 e. The van der Waals surface area contributed by atoms with Crippen LogP contribution >= 0.6 is 0 Å². The van der Waals surface area contributed by atoms with Crippen LogP contribution in [0.25, 0.3) is 0 Å². The SMILES string of the molecule is Cc1cc(OCC(O)c2cccc([N+](=O)[O-])c2)ccc1[N+](=O)[O-]. The van der Waals surface area contributed by atoms with E-state index in [1.165, 1.54) is 36.4 Å². The number of ether oxygens (including phenoxy) is 1. The third-order valence-electron chi connectivity index (χ3n) is 3.24. The number of nitro benzene ring substituents is 2. The van der Waals surface area contributed by atoms with E-state index < -0.39 is 16.0 Å². The van der Waals surface area contributed by atoms with E-state index in [9.17, 15) is 25.3 Å². The number of benzene rings is 2. The van der Waals surface area contributed by atoms with Crippen LogP contribution in [-0.4, -0.2) is 21.6 Å². The van der Waals surface area contributed by atoms with Gasteiger partial charge in [0.15, 0.2) is 0 Å². The second-order valence-electron chi connectivity index (χ2n) is 4.88. The van der Waals surface area contributed by atoms with Gasteiger partial charge in [-0.1, -0.05) is 12.1 Å². The second kappa shape index (κ2) is 6.84. The fraction of sp³-hybridized carbons (Fsp3) is 0.200. The van der Waals surface area contributed by atoms with Crippen molar-refractivity contribution >= 4 is 11.4 Å². The fourth-order valence-corrected chi connectivity index (χ4v) is 2.04. The molecule has 0 bridgehead atoms. The minimum absolute atomic E-state index is 0.0171. The highest BCUT2D eigenvalue weighted by molar-refractivity contribution is 5.44. The van der Waals surface area contributed by atoms with Gasteiger partial charge in [0.05, 0.1) is 9.85 Å². The summed E-state index contributed by atoms with van der Waals surface area (Å²) >= 11 is 0. The maximum absolute atomic E-state index is 10.7. The number of aryl methyl sites for hydroxylation is 1. The first kappa shape index (κ1) is 16.4. The van der Waals surface area contributed by atoms with Gasteiger partial charge in [-0.15, -0.1) is 0 Å². The molecule has 8 nitrogen and oxygen atoms in total. The molecule has 0 aliphatic heterocycles. The zero-order chi connectivity index (χ0) is 17.0. The Labute approximate surface area is 131 Å². The molecule has 2 rings (SSSR count). The van der Waals surface area contributed by atoms with Crippen molar-refractivity contribution in [2.75, 3.05) is 6.61 Å². The van der Waals surface area contributed by atoms with Crippen LogP contribution in [0.4, 0.5) is 11.4 Å². The number of aliphatic hydroxyl groups is 1. The Morgan fingerprint density at radius 1 is 1.13 bits per heavy atom. The average molecular weight is 318 g/mol. The Balaban J connectivity index is 2.06. The summed E-state index contributed by atoms with van der Waals surface area (Å²) in [6.07, 6.45) is -1.05. The third kappa shape index (κ3) is 4.01. The largest absolute Gasteiger partial charge is 0.491 e. The van der Waals surface area contributed by atoms with Crippen LogP contribution in [0.15, 0.2) is 42.5 Å². The van der Waals surface area contributed by atoms with E-state index in [0.29, 0.717) is 16.9 Å². The molecule has 120 valence electrons. The van der Waals surface area contributed by atoms with E-state index in [4.69, 9.17) is 4.74 Å². The van der Waals surface area contributed by atoms with Crippen molar-refractivity contribution in [3.63, 3.8) is 0 Å². The summed E-state index contributed by atoms with van der Waals surface area (Å²) in [6, 6.07) is 9.90. The lowest BCUT2D eigenvalue weighted by Gasteiger charge is -2.13. The Morgan fingerprint density at radius 3 is 2.48 bits per heavy atom. The van der Waals surface area contributed by atoms with Gasteiger partial charge in [-0.05, 0) is 24.6 Å². The summed E-state index contributed by atoms with van der Waals surface area (Å²) in [4.78, 5) is 20.4. The molecule has 1 N–H and O–H groups in total. The van der Waals surface area contributed by atoms with Crippen LogP contribution in [-0.2, 0) is 0 Å². The monoisotopic (exact) mass is 318 g/mol. The van der Waals surface area contributed by atoms with Gasteiger partial charge >= 0.3 is 0 Å². The van der Waals surface area contributed by atoms with E-state index >= 15 is 0 Å². The van der Waals surface area contributed by atoms with E-state index in [0.717, 1.165) is 0 Å². The van der Waals surface area contributed by atoms with Crippen molar-refractivity contribution in [3.8, 4) is 5.75 Å². The van der Waals surface area contributed by atoms with Crippen molar-refractivity contribution in [2.24, 2.45) is 0 Å². The summed E-state index contributed by atoms with van der Waals surface area (Å²) in [5.74, 6) is 0.373. The molecule has 8 heteroatoms. The number of nitrogens with zero attached hydrogens (tertiary/aromatic N) is 2. The van der Waals surface area contributed by atoms with Crippen LogP contribution in [0, 0.1) is 27.2 Å². The fourth-order valence-electron chi connectivity index (χ4n) is 2.04. The zero-order valence-electron chi connectivity index (χ0n) is 12.2. The van der Waals surface area contributed by atoms with E-state index in [-0.39, 0.29) is 18.0 Å². The van der Waals surface area contributed by atoms with Crippen LogP contribution in [0.1, 0.15) is 17.2 Å². The molecule has 1 atom stereocenters. The molecular weight excluding hydrogens is 304 g/mol. The molecule has 1 unspecified atom stereocenters. The quantitative estimate of drug-likeness (QED) is 0.646. The van der Waals surface area contributed by atoms with E-state index in [1.54, 1.807) is 13.0 Å². The standard InChI is InChI=1S/C15H14N2O6/c1-10-7-13(5-6-14(10)17(21)22)23-9-15(18)11-3-2-4-12(8-11)16(19)20/h2-8,15,18H,9H2,1H3. The number of rotatable bonds is 6. The van der Waals surface area contributed by atoms with Crippen LogP contribution in [0.2, 0.25) is 0 Å². The molecule has 0 saturated carbocycles. The zero-order valence-corrected chi connectivity index (χ0v) is 12.2. The lowest BCUT2D eigenvalue weighted by atomic mass is 10.1. The van der Waals surface area contributed by atoms with Gasteiger partial charge in [0, 0.05) is 23.8 Å². The van der Waals surface area contributed by atoms with Gasteiger partial charge in [0.2, 0.25) is 0 Å². The molecule has 0 radical (unpaired) electrons. The van der Waals surface area contributed by atoms with Gasteiger partial charge in [-0.25, -0.2) is 0 Å². The lowest BCUT2D eigenvalue weighted by molar-refractivity contribution is -0.385. The number of hydrogen-bond donors (Lipinski definition) is 1. The third-order valence-corrected chi connectivity index (χ3v) is 3.24. The molecule has 2 aromatic rings. The van der Waals surface area contributed by atoms with Crippen LogP contribution in [0.3, 0.4) is 0 Å².